The fraction of sp³-hybridized carbons (Fsp3) is 0.429. The first-order chi connectivity index (χ1) is 12.7. The van der Waals surface area contributed by atoms with Gasteiger partial charge in [0, 0.05) is 43.4 Å². The van der Waals surface area contributed by atoms with Gasteiger partial charge in [-0.1, -0.05) is 6.07 Å². The van der Waals surface area contributed by atoms with Crippen LogP contribution in [0.3, 0.4) is 0 Å². The molecule has 0 radical (unpaired) electrons. The smallest absolute Gasteiger partial charge is 0.0880 e. The second-order valence-electron chi connectivity index (χ2n) is 7.90. The Labute approximate surface area is 153 Å². The van der Waals surface area contributed by atoms with E-state index >= 15 is 0 Å². The fourth-order valence-corrected chi connectivity index (χ4v) is 4.98. The molecule has 0 aromatic carbocycles. The minimum Gasteiger partial charge on any atom is -0.388 e. The molecule has 5 heteroatoms. The van der Waals surface area contributed by atoms with E-state index in [0.717, 1.165) is 30.4 Å². The van der Waals surface area contributed by atoms with Crippen LogP contribution in [0.1, 0.15) is 31.2 Å². The number of rotatable bonds is 4. The van der Waals surface area contributed by atoms with E-state index in [-0.39, 0.29) is 0 Å². The van der Waals surface area contributed by atoms with Crippen LogP contribution in [0, 0.1) is 0 Å². The molecule has 0 amide bonds. The number of aliphatic hydroxyl groups is 1. The van der Waals surface area contributed by atoms with Gasteiger partial charge in [0.25, 0.3) is 0 Å². The molecule has 0 unspecified atom stereocenters. The van der Waals surface area contributed by atoms with Crippen LogP contribution < -0.4 is 0 Å². The van der Waals surface area contributed by atoms with Gasteiger partial charge in [0.05, 0.1) is 23.2 Å². The number of hydrogen-bond acceptors (Lipinski definition) is 4. The number of pyridine rings is 2. The average molecular weight is 348 g/mol. The third kappa shape index (κ3) is 2.81. The van der Waals surface area contributed by atoms with E-state index in [9.17, 15) is 5.11 Å². The molecule has 2 saturated heterocycles. The van der Waals surface area contributed by atoms with Crippen molar-refractivity contribution < 1.29 is 5.11 Å². The van der Waals surface area contributed by atoms with Crippen molar-refractivity contribution in [3.05, 3.63) is 60.7 Å². The fourth-order valence-electron chi connectivity index (χ4n) is 4.98. The Morgan fingerprint density at radius 3 is 2.65 bits per heavy atom. The van der Waals surface area contributed by atoms with Crippen LogP contribution in [0.15, 0.2) is 55.1 Å². The molecule has 5 rings (SSSR count). The van der Waals surface area contributed by atoms with Gasteiger partial charge < -0.3 is 9.67 Å². The Bertz CT molecular complexity index is 893. The standard InChI is InChI=1S/C21H24N4O/c26-21(15-24-10-7-19-20(24)4-2-9-23-19)11-17-5-6-18(12-21)25(17)14-16-3-1-8-22-13-16/h1-4,7-10,13,17-18,26H,5-6,11-12,14-15H2/t17-,18-/m0/s1. The van der Waals surface area contributed by atoms with Crippen molar-refractivity contribution >= 4 is 11.0 Å². The van der Waals surface area contributed by atoms with Gasteiger partial charge in [-0.3, -0.25) is 14.9 Å². The molecule has 5 heterocycles. The van der Waals surface area contributed by atoms with E-state index in [1.807, 2.05) is 36.8 Å². The Balaban J connectivity index is 1.35. The molecular formula is C21H24N4O. The predicted molar refractivity (Wildman–Crippen MR) is 101 cm³/mol. The molecule has 0 spiro atoms. The van der Waals surface area contributed by atoms with Crippen molar-refractivity contribution in [2.45, 2.75) is 56.5 Å². The summed E-state index contributed by atoms with van der Waals surface area (Å²) in [6.45, 7) is 1.59. The quantitative estimate of drug-likeness (QED) is 0.787. The Kier molecular flexibility index (Phi) is 3.80. The second-order valence-corrected chi connectivity index (χ2v) is 7.90. The molecule has 2 aliphatic rings. The van der Waals surface area contributed by atoms with Crippen molar-refractivity contribution in [2.75, 3.05) is 0 Å². The highest BCUT2D eigenvalue weighted by Crippen LogP contribution is 2.42. The molecule has 2 fully saturated rings. The first-order valence-corrected chi connectivity index (χ1v) is 9.47. The molecule has 0 saturated carbocycles. The van der Waals surface area contributed by atoms with Gasteiger partial charge in [-0.2, -0.15) is 0 Å². The molecule has 2 aliphatic heterocycles. The van der Waals surface area contributed by atoms with E-state index in [4.69, 9.17) is 0 Å². The third-order valence-electron chi connectivity index (χ3n) is 6.09. The van der Waals surface area contributed by atoms with Crippen LogP contribution in [-0.4, -0.2) is 42.2 Å². The number of fused-ring (bicyclic) bond motifs is 3. The van der Waals surface area contributed by atoms with E-state index in [2.05, 4.69) is 37.8 Å². The first kappa shape index (κ1) is 16.0. The molecular weight excluding hydrogens is 324 g/mol. The van der Waals surface area contributed by atoms with Crippen molar-refractivity contribution in [1.82, 2.24) is 19.4 Å². The maximum Gasteiger partial charge on any atom is 0.0880 e. The van der Waals surface area contributed by atoms with Crippen LogP contribution in [-0.2, 0) is 13.1 Å². The van der Waals surface area contributed by atoms with Gasteiger partial charge in [0.2, 0.25) is 0 Å². The molecule has 2 atom stereocenters. The van der Waals surface area contributed by atoms with Crippen molar-refractivity contribution in [2.24, 2.45) is 0 Å². The zero-order chi connectivity index (χ0) is 17.6. The highest BCUT2D eigenvalue weighted by atomic mass is 16.3. The first-order valence-electron chi connectivity index (χ1n) is 9.47. The molecule has 3 aromatic rings. The Morgan fingerprint density at radius 2 is 1.88 bits per heavy atom. The summed E-state index contributed by atoms with van der Waals surface area (Å²) < 4.78 is 2.17. The van der Waals surface area contributed by atoms with Crippen LogP contribution in [0.2, 0.25) is 0 Å². The average Bonchev–Trinajstić information content (AvgIpc) is 3.15. The summed E-state index contributed by atoms with van der Waals surface area (Å²) in [7, 11) is 0. The highest BCUT2D eigenvalue weighted by Gasteiger charge is 2.47. The summed E-state index contributed by atoms with van der Waals surface area (Å²) in [5.74, 6) is 0. The topological polar surface area (TPSA) is 54.2 Å². The molecule has 1 N–H and O–H groups in total. The van der Waals surface area contributed by atoms with Crippen LogP contribution >= 0.6 is 0 Å². The van der Waals surface area contributed by atoms with Crippen molar-refractivity contribution in [3.63, 3.8) is 0 Å². The zero-order valence-electron chi connectivity index (χ0n) is 14.8. The van der Waals surface area contributed by atoms with Gasteiger partial charge in [0.1, 0.15) is 0 Å². The van der Waals surface area contributed by atoms with Crippen molar-refractivity contribution in [1.29, 1.82) is 0 Å². The Hall–Kier alpha value is -2.24. The van der Waals surface area contributed by atoms with Gasteiger partial charge in [-0.15, -0.1) is 0 Å². The van der Waals surface area contributed by atoms with E-state index < -0.39 is 5.60 Å². The minimum absolute atomic E-state index is 0.457. The lowest BCUT2D eigenvalue weighted by molar-refractivity contribution is -0.0644. The van der Waals surface area contributed by atoms with Gasteiger partial charge in [-0.25, -0.2) is 0 Å². The van der Waals surface area contributed by atoms with E-state index in [1.54, 1.807) is 0 Å². The van der Waals surface area contributed by atoms with E-state index in [0.29, 0.717) is 18.6 Å². The van der Waals surface area contributed by atoms with Gasteiger partial charge in [-0.05, 0) is 55.5 Å². The minimum atomic E-state index is -0.640. The van der Waals surface area contributed by atoms with Crippen molar-refractivity contribution in [3.8, 4) is 0 Å². The van der Waals surface area contributed by atoms with Crippen LogP contribution in [0.5, 0.6) is 0 Å². The summed E-state index contributed by atoms with van der Waals surface area (Å²) in [5, 5.41) is 11.4. The Morgan fingerprint density at radius 1 is 1.08 bits per heavy atom. The summed E-state index contributed by atoms with van der Waals surface area (Å²) in [5.41, 5.74) is 2.72. The maximum absolute atomic E-state index is 11.4. The summed E-state index contributed by atoms with van der Waals surface area (Å²) in [4.78, 5) is 11.2. The molecule has 134 valence electrons. The number of aromatic nitrogens is 3. The lowest BCUT2D eigenvalue weighted by Crippen LogP contribution is -2.52. The van der Waals surface area contributed by atoms with E-state index in [1.165, 1.54) is 18.4 Å². The second kappa shape index (κ2) is 6.18. The number of hydrogen-bond donors (Lipinski definition) is 1. The normalized spacial score (nSPS) is 28.7. The predicted octanol–water partition coefficient (Wildman–Crippen LogP) is 2.99. The lowest BCUT2D eigenvalue weighted by Gasteiger charge is -2.44. The molecule has 2 bridgehead atoms. The maximum atomic E-state index is 11.4. The molecule has 5 nitrogen and oxygen atoms in total. The monoisotopic (exact) mass is 348 g/mol. The van der Waals surface area contributed by atoms with Crippen LogP contribution in [0.25, 0.3) is 11.0 Å². The van der Waals surface area contributed by atoms with Gasteiger partial charge >= 0.3 is 0 Å². The molecule has 3 aromatic heterocycles. The SMILES string of the molecule is OC1(Cn2ccc3ncccc32)C[C@@H]2CC[C@@H](C1)N2Cc1cccnc1. The summed E-state index contributed by atoms with van der Waals surface area (Å²) in [6.07, 6.45) is 11.7. The largest absolute Gasteiger partial charge is 0.388 e. The van der Waals surface area contributed by atoms with Crippen LogP contribution in [0.4, 0.5) is 0 Å². The third-order valence-corrected chi connectivity index (χ3v) is 6.09. The number of nitrogens with zero attached hydrogens (tertiary/aromatic N) is 4. The lowest BCUT2D eigenvalue weighted by atomic mass is 9.85. The summed E-state index contributed by atoms with van der Waals surface area (Å²) >= 11 is 0. The number of piperidine rings is 1. The molecule has 26 heavy (non-hydrogen) atoms. The highest BCUT2D eigenvalue weighted by molar-refractivity contribution is 5.75. The summed E-state index contributed by atoms with van der Waals surface area (Å²) in [6, 6.07) is 11.1. The van der Waals surface area contributed by atoms with Gasteiger partial charge in [0.15, 0.2) is 0 Å². The molecule has 0 aliphatic carbocycles. The zero-order valence-corrected chi connectivity index (χ0v) is 14.8.